The zero-order valence-electron chi connectivity index (χ0n) is 12.8. The van der Waals surface area contributed by atoms with Gasteiger partial charge in [-0.1, -0.05) is 38.1 Å². The van der Waals surface area contributed by atoms with Gasteiger partial charge in [0.2, 0.25) is 0 Å². The van der Waals surface area contributed by atoms with Gasteiger partial charge in [-0.05, 0) is 36.2 Å². The molecule has 0 aliphatic carbocycles. The normalized spacial score (nSPS) is 11.4. The monoisotopic (exact) mass is 279 g/mol. The molecule has 0 aliphatic heterocycles. The van der Waals surface area contributed by atoms with Crippen LogP contribution in [0.3, 0.4) is 0 Å². The number of rotatable bonds is 4. The van der Waals surface area contributed by atoms with Gasteiger partial charge in [0.1, 0.15) is 6.33 Å². The van der Waals surface area contributed by atoms with E-state index >= 15 is 0 Å². The van der Waals surface area contributed by atoms with Crippen LogP contribution in [-0.2, 0) is 6.54 Å². The largest absolute Gasteiger partial charge is 0.310 e. The van der Waals surface area contributed by atoms with Gasteiger partial charge in [-0.15, -0.1) is 0 Å². The third-order valence-corrected chi connectivity index (χ3v) is 3.69. The average Bonchev–Trinajstić information content (AvgIpc) is 2.89. The summed E-state index contributed by atoms with van der Waals surface area (Å²) in [7, 11) is 0. The molecule has 0 amide bonds. The predicted octanol–water partition coefficient (Wildman–Crippen LogP) is 3.83. The maximum absolute atomic E-state index is 4.47. The van der Waals surface area contributed by atoms with Crippen LogP contribution < -0.4 is 5.32 Å². The van der Waals surface area contributed by atoms with E-state index in [-0.39, 0.29) is 0 Å². The van der Waals surface area contributed by atoms with Crippen molar-refractivity contribution in [3.8, 4) is 5.69 Å². The van der Waals surface area contributed by atoms with E-state index in [2.05, 4.69) is 66.0 Å². The summed E-state index contributed by atoms with van der Waals surface area (Å²) in [5.74, 6) is 0. The summed E-state index contributed by atoms with van der Waals surface area (Å²) in [6.45, 7) is 7.39. The minimum Gasteiger partial charge on any atom is -0.310 e. The highest BCUT2D eigenvalue weighted by atomic mass is 15.0. The Kier molecular flexibility index (Phi) is 3.76. The van der Waals surface area contributed by atoms with Gasteiger partial charge < -0.3 is 5.32 Å². The Morgan fingerprint density at radius 1 is 1.14 bits per heavy atom. The van der Waals surface area contributed by atoms with Crippen LogP contribution in [0.15, 0.2) is 48.8 Å². The number of benzene rings is 2. The summed E-state index contributed by atoms with van der Waals surface area (Å²) >= 11 is 0. The molecule has 3 heteroatoms. The Balaban J connectivity index is 1.96. The lowest BCUT2D eigenvalue weighted by Crippen LogP contribution is -2.21. The zero-order chi connectivity index (χ0) is 14.8. The second-order valence-electron chi connectivity index (χ2n) is 5.76. The highest BCUT2D eigenvalue weighted by molar-refractivity contribution is 5.77. The van der Waals surface area contributed by atoms with Crippen LogP contribution in [0.25, 0.3) is 16.7 Å². The molecular weight excluding hydrogens is 258 g/mol. The number of fused-ring (bicyclic) bond motifs is 1. The minimum atomic E-state index is 0.502. The lowest BCUT2D eigenvalue weighted by Gasteiger charge is -2.12. The molecule has 0 bridgehead atoms. The molecular formula is C18H21N3. The molecule has 1 heterocycles. The summed E-state index contributed by atoms with van der Waals surface area (Å²) < 4.78 is 2.16. The SMILES string of the molecule is Cc1cc(CNC(C)C)ccc1-n1cnc2ccccc21. The first kappa shape index (κ1) is 13.8. The van der Waals surface area contributed by atoms with Crippen molar-refractivity contribution in [3.05, 3.63) is 59.9 Å². The van der Waals surface area contributed by atoms with Gasteiger partial charge in [0.15, 0.2) is 0 Å². The number of hydrogen-bond acceptors (Lipinski definition) is 2. The molecule has 108 valence electrons. The Hall–Kier alpha value is -2.13. The smallest absolute Gasteiger partial charge is 0.100 e. The first-order chi connectivity index (χ1) is 10.1. The molecule has 0 spiro atoms. The van der Waals surface area contributed by atoms with Crippen molar-refractivity contribution >= 4 is 11.0 Å². The van der Waals surface area contributed by atoms with Gasteiger partial charge in [0.25, 0.3) is 0 Å². The molecule has 1 N–H and O–H groups in total. The third kappa shape index (κ3) is 2.83. The van der Waals surface area contributed by atoms with Gasteiger partial charge in [0, 0.05) is 12.6 Å². The average molecular weight is 279 g/mol. The number of aromatic nitrogens is 2. The summed E-state index contributed by atoms with van der Waals surface area (Å²) in [5.41, 5.74) is 5.95. The fourth-order valence-corrected chi connectivity index (χ4v) is 2.57. The fraction of sp³-hybridized carbons (Fsp3) is 0.278. The van der Waals surface area contributed by atoms with Gasteiger partial charge in [-0.2, -0.15) is 0 Å². The van der Waals surface area contributed by atoms with Crippen LogP contribution in [0.1, 0.15) is 25.0 Å². The predicted molar refractivity (Wildman–Crippen MR) is 87.8 cm³/mol. The van der Waals surface area contributed by atoms with E-state index in [0.717, 1.165) is 17.6 Å². The lowest BCUT2D eigenvalue weighted by atomic mass is 10.1. The maximum atomic E-state index is 4.47. The van der Waals surface area contributed by atoms with Crippen molar-refractivity contribution < 1.29 is 0 Å². The number of nitrogens with one attached hydrogen (secondary N) is 1. The third-order valence-electron chi connectivity index (χ3n) is 3.69. The van der Waals surface area contributed by atoms with Gasteiger partial charge in [-0.25, -0.2) is 4.98 Å². The Morgan fingerprint density at radius 3 is 2.71 bits per heavy atom. The number of para-hydroxylation sites is 2. The molecule has 0 radical (unpaired) electrons. The maximum Gasteiger partial charge on any atom is 0.100 e. The zero-order valence-corrected chi connectivity index (χ0v) is 12.8. The second kappa shape index (κ2) is 5.70. The quantitative estimate of drug-likeness (QED) is 0.786. The summed E-state index contributed by atoms with van der Waals surface area (Å²) in [5, 5.41) is 3.45. The lowest BCUT2D eigenvalue weighted by molar-refractivity contribution is 0.588. The molecule has 0 atom stereocenters. The summed E-state index contributed by atoms with van der Waals surface area (Å²) in [4.78, 5) is 4.47. The Morgan fingerprint density at radius 2 is 1.95 bits per heavy atom. The summed E-state index contributed by atoms with van der Waals surface area (Å²) in [6.07, 6.45) is 1.90. The number of hydrogen-bond donors (Lipinski definition) is 1. The molecule has 0 saturated heterocycles. The molecule has 21 heavy (non-hydrogen) atoms. The first-order valence-corrected chi connectivity index (χ1v) is 7.40. The van der Waals surface area contributed by atoms with Crippen LogP contribution in [0.2, 0.25) is 0 Å². The molecule has 3 nitrogen and oxygen atoms in total. The standard InChI is InChI=1S/C18H21N3/c1-13(2)19-11-15-8-9-17(14(3)10-15)21-12-20-16-6-4-5-7-18(16)21/h4-10,12-13,19H,11H2,1-3H3. The molecule has 1 aromatic heterocycles. The fourth-order valence-electron chi connectivity index (χ4n) is 2.57. The van der Waals surface area contributed by atoms with Crippen molar-refractivity contribution in [3.63, 3.8) is 0 Å². The van der Waals surface area contributed by atoms with Crippen LogP contribution in [0, 0.1) is 6.92 Å². The van der Waals surface area contributed by atoms with E-state index in [0.29, 0.717) is 6.04 Å². The first-order valence-electron chi connectivity index (χ1n) is 7.40. The summed E-state index contributed by atoms with van der Waals surface area (Å²) in [6, 6.07) is 15.3. The van der Waals surface area contributed by atoms with E-state index in [1.807, 2.05) is 18.5 Å². The molecule has 0 saturated carbocycles. The van der Waals surface area contributed by atoms with Crippen molar-refractivity contribution in [2.75, 3.05) is 0 Å². The van der Waals surface area contributed by atoms with Crippen LogP contribution in [0.4, 0.5) is 0 Å². The number of imidazole rings is 1. The number of aryl methyl sites for hydroxylation is 1. The molecule has 2 aromatic carbocycles. The Labute approximate surface area is 125 Å². The van der Waals surface area contributed by atoms with Gasteiger partial charge in [0.05, 0.1) is 16.7 Å². The number of nitrogens with zero attached hydrogens (tertiary/aromatic N) is 2. The molecule has 0 fully saturated rings. The van der Waals surface area contributed by atoms with Crippen LogP contribution >= 0.6 is 0 Å². The van der Waals surface area contributed by atoms with Gasteiger partial charge in [-0.3, -0.25) is 4.57 Å². The second-order valence-corrected chi connectivity index (χ2v) is 5.76. The van der Waals surface area contributed by atoms with E-state index in [1.54, 1.807) is 0 Å². The molecule has 3 aromatic rings. The van der Waals surface area contributed by atoms with Crippen molar-refractivity contribution in [2.24, 2.45) is 0 Å². The van der Waals surface area contributed by atoms with Crippen molar-refractivity contribution in [1.29, 1.82) is 0 Å². The van der Waals surface area contributed by atoms with Crippen molar-refractivity contribution in [2.45, 2.75) is 33.4 Å². The van der Waals surface area contributed by atoms with E-state index in [4.69, 9.17) is 0 Å². The van der Waals surface area contributed by atoms with E-state index in [9.17, 15) is 0 Å². The topological polar surface area (TPSA) is 29.9 Å². The van der Waals surface area contributed by atoms with E-state index in [1.165, 1.54) is 16.8 Å². The molecule has 0 aliphatic rings. The minimum absolute atomic E-state index is 0.502. The van der Waals surface area contributed by atoms with Crippen LogP contribution in [0.5, 0.6) is 0 Å². The highest BCUT2D eigenvalue weighted by Crippen LogP contribution is 2.21. The molecule has 0 unspecified atom stereocenters. The Bertz CT molecular complexity index is 756. The van der Waals surface area contributed by atoms with Crippen molar-refractivity contribution in [1.82, 2.24) is 14.9 Å². The van der Waals surface area contributed by atoms with Crippen LogP contribution in [-0.4, -0.2) is 15.6 Å². The highest BCUT2D eigenvalue weighted by Gasteiger charge is 2.07. The van der Waals surface area contributed by atoms with Gasteiger partial charge >= 0.3 is 0 Å². The molecule has 3 rings (SSSR count). The van der Waals surface area contributed by atoms with E-state index < -0.39 is 0 Å².